The van der Waals surface area contributed by atoms with Crippen LogP contribution >= 0.6 is 0 Å². The van der Waals surface area contributed by atoms with Crippen LogP contribution < -0.4 is 48.1 Å². The lowest BCUT2D eigenvalue weighted by atomic mass is 9.91. The van der Waals surface area contributed by atoms with Gasteiger partial charge in [-0.25, -0.2) is 0 Å². The Kier molecular flexibility index (Phi) is 21.2. The first kappa shape index (κ1) is 70.8. The maximum absolute atomic E-state index is 9.80. The number of anilines is 5. The summed E-state index contributed by atoms with van der Waals surface area (Å²) in [5.41, 5.74) is 9.48. The Morgan fingerprint density at radius 1 is 0.339 bits per heavy atom. The Bertz CT molecular complexity index is 5160. The highest BCUT2D eigenvalue weighted by Crippen LogP contribution is 2.44. The number of para-hydroxylation sites is 3. The Morgan fingerprint density at radius 3 is 0.963 bits per heavy atom. The number of nitrogens with zero attached hydrogens (tertiary/aromatic N) is 14. The first-order chi connectivity index (χ1) is 53.5. The van der Waals surface area contributed by atoms with Gasteiger partial charge in [0.25, 0.3) is 0 Å². The van der Waals surface area contributed by atoms with Crippen LogP contribution in [0.15, 0.2) is 285 Å². The lowest BCUT2D eigenvalue weighted by Gasteiger charge is -2.32. The van der Waals surface area contributed by atoms with E-state index in [4.69, 9.17) is 48.8 Å². The molecule has 20 heteroatoms. The lowest BCUT2D eigenvalue weighted by Crippen LogP contribution is -2.55. The van der Waals surface area contributed by atoms with Gasteiger partial charge in [0.1, 0.15) is 90.6 Å². The van der Waals surface area contributed by atoms with E-state index in [0.717, 1.165) is 39.6 Å². The van der Waals surface area contributed by atoms with E-state index in [1.807, 2.05) is 110 Å². The molecule has 0 unspecified atom stereocenters. The Labute approximate surface area is 629 Å². The number of aromatic nitrogens is 6. The molecule has 0 fully saturated rings. The predicted molar refractivity (Wildman–Crippen MR) is 411 cm³/mol. The van der Waals surface area contributed by atoms with Crippen molar-refractivity contribution in [2.75, 3.05) is 56.5 Å². The molecule has 20 nitrogen and oxygen atoms in total. The molecule has 0 atom stereocenters. The van der Waals surface area contributed by atoms with Crippen molar-refractivity contribution in [3.63, 3.8) is 0 Å². The highest BCUT2D eigenvalue weighted by molar-refractivity contribution is 6.16. The number of hydrogen-bond donors (Lipinski definition) is 0. The van der Waals surface area contributed by atoms with Gasteiger partial charge >= 0.3 is 0 Å². The van der Waals surface area contributed by atoms with Crippen LogP contribution in [-0.2, 0) is 13.1 Å². The van der Waals surface area contributed by atoms with Crippen LogP contribution in [0.3, 0.4) is 0 Å². The largest absolute Gasteiger partial charge is 0.493 e. The minimum atomic E-state index is -1.17. The molecule has 0 aliphatic rings. The number of ether oxygens (including phenoxy) is 6. The van der Waals surface area contributed by atoms with Gasteiger partial charge in [-0.15, -0.1) is 0 Å². The van der Waals surface area contributed by atoms with Crippen molar-refractivity contribution < 1.29 is 33.2 Å². The SMILES string of the molecule is CN(c1ccccc1)c1ccc(-c2c3nn(CC(COc4ccc(C#N)cc4)(COc4ccc(C#N)cc4)COc4ccc(C#N)cc4)nc3c(-c3ccc(N(c4ccccc4)c4ccccc4)cc3)c3n[n+](CC(COc4ccc(C#N)cc4)(COc4ccc(C#N)cc4)COc4ccc(C#N)cc4)[n-]c23)cc1. The van der Waals surface area contributed by atoms with Crippen LogP contribution in [0.2, 0.25) is 0 Å². The fraction of sp³-hybridized carbons (Fsp3) is 0.124. The van der Waals surface area contributed by atoms with Crippen LogP contribution in [0.25, 0.3) is 44.3 Å². The van der Waals surface area contributed by atoms with Gasteiger partial charge in [0, 0.05) is 57.6 Å². The minimum Gasteiger partial charge on any atom is -0.493 e. The molecule has 0 N–H and O–H groups in total. The molecule has 0 radical (unpaired) electrons. The van der Waals surface area contributed by atoms with Crippen molar-refractivity contribution in [2.45, 2.75) is 13.1 Å². The van der Waals surface area contributed by atoms with Crippen molar-refractivity contribution in [2.24, 2.45) is 10.8 Å². The highest BCUT2D eigenvalue weighted by Gasteiger charge is 2.41. The Morgan fingerprint density at radius 2 is 0.624 bits per heavy atom. The Balaban J connectivity index is 0.986. The number of benzene rings is 12. The fourth-order valence-electron chi connectivity index (χ4n) is 12.6. The molecular formula is C89H66N14O6. The summed E-state index contributed by atoms with van der Waals surface area (Å²) < 4.78 is 40.5. The molecule has 109 heavy (non-hydrogen) atoms. The van der Waals surface area contributed by atoms with E-state index in [2.05, 4.69) is 82.6 Å². The van der Waals surface area contributed by atoms with E-state index in [0.29, 0.717) is 101 Å². The predicted octanol–water partition coefficient (Wildman–Crippen LogP) is 16.5. The average Bonchev–Trinajstić information content (AvgIpc) is 1.58. The normalized spacial score (nSPS) is 11.0. The van der Waals surface area contributed by atoms with Crippen molar-refractivity contribution in [3.8, 4) is 93.2 Å². The first-order valence-corrected chi connectivity index (χ1v) is 34.8. The summed E-state index contributed by atoms with van der Waals surface area (Å²) in [4.78, 5) is 7.57. The molecule has 2 aromatic heterocycles. The third-order valence-corrected chi connectivity index (χ3v) is 18.5. The summed E-state index contributed by atoms with van der Waals surface area (Å²) in [6.45, 7) is -0.274. The smallest absolute Gasteiger partial charge is 0.178 e. The van der Waals surface area contributed by atoms with Crippen LogP contribution in [0.5, 0.6) is 34.5 Å². The standard InChI is InChI=1S/C89H66N14O6/c1-100(71-11-5-2-6-12-71)72-33-29-69(30-34-72)82-84-86(98-101(96-84)55-88(57-104-76-37-17-63(49-90)18-38-76,58-105-77-39-19-64(50-91)20-40-77)59-106-78-41-21-65(51-92)22-42-78)83(70-31-35-75(36-32-70)103(73-13-7-3-8-14-73)74-15-9-4-10-16-74)87-85(82)97-102(99-87)56-89(60-107-79-43-23-66(52-93)24-44-79,61-108-80-45-25-67(53-94)26-46-80)62-109-81-47-27-68(54-95)28-48-81/h2-48H,55-62H2,1H3. The molecular weight excluding hydrogens is 1360 g/mol. The maximum atomic E-state index is 9.80. The summed E-state index contributed by atoms with van der Waals surface area (Å²) in [7, 11) is 2.01. The molecule has 12 aromatic carbocycles. The van der Waals surface area contributed by atoms with Gasteiger partial charge in [0.05, 0.1) is 81.8 Å². The second kappa shape index (κ2) is 32.6. The summed E-state index contributed by atoms with van der Waals surface area (Å²) in [5, 5.41) is 81.2. The average molecular weight is 1430 g/mol. The molecule has 14 rings (SSSR count). The first-order valence-electron chi connectivity index (χ1n) is 34.8. The van der Waals surface area contributed by atoms with Crippen LogP contribution in [0.1, 0.15) is 33.4 Å². The molecule has 14 aromatic rings. The lowest BCUT2D eigenvalue weighted by molar-refractivity contribution is -0.814. The molecule has 0 spiro atoms. The summed E-state index contributed by atoms with van der Waals surface area (Å²) in [6, 6.07) is 101. The van der Waals surface area contributed by atoms with Gasteiger partial charge in [0.15, 0.2) is 6.54 Å². The topological polar surface area (TPSA) is 266 Å². The third-order valence-electron chi connectivity index (χ3n) is 18.5. The molecule has 0 amide bonds. The summed E-state index contributed by atoms with van der Waals surface area (Å²) >= 11 is 0. The van der Waals surface area contributed by atoms with E-state index in [1.54, 1.807) is 155 Å². The zero-order valence-corrected chi connectivity index (χ0v) is 59.0. The van der Waals surface area contributed by atoms with Gasteiger partial charge in [-0.3, -0.25) is 0 Å². The number of fused-ring (bicyclic) bond motifs is 2. The van der Waals surface area contributed by atoms with E-state index in [9.17, 15) is 31.6 Å². The molecule has 0 bridgehead atoms. The zero-order chi connectivity index (χ0) is 74.9. The molecule has 2 heterocycles. The number of hydrogen-bond acceptors (Lipinski definition) is 17. The van der Waals surface area contributed by atoms with E-state index in [-0.39, 0.29) is 52.7 Å². The Hall–Kier alpha value is -15.2. The van der Waals surface area contributed by atoms with Gasteiger partial charge < -0.3 is 38.2 Å². The number of nitriles is 6. The van der Waals surface area contributed by atoms with Crippen LogP contribution in [-0.4, -0.2) is 66.8 Å². The van der Waals surface area contributed by atoms with Crippen molar-refractivity contribution in [1.82, 2.24) is 25.2 Å². The summed E-state index contributed by atoms with van der Waals surface area (Å²) in [5.74, 6) is 2.84. The molecule has 0 saturated carbocycles. The molecule has 0 aliphatic heterocycles. The van der Waals surface area contributed by atoms with Gasteiger partial charge in [0.2, 0.25) is 0 Å². The second-order valence-electron chi connectivity index (χ2n) is 26.1. The molecule has 0 aliphatic carbocycles. The van der Waals surface area contributed by atoms with Crippen LogP contribution in [0, 0.1) is 78.8 Å². The highest BCUT2D eigenvalue weighted by atomic mass is 16.5. The minimum absolute atomic E-state index is 0.00241. The zero-order valence-electron chi connectivity index (χ0n) is 59.0. The van der Waals surface area contributed by atoms with E-state index in [1.165, 1.54) is 0 Å². The van der Waals surface area contributed by atoms with Gasteiger partial charge in [-0.1, -0.05) is 78.9 Å². The summed E-state index contributed by atoms with van der Waals surface area (Å²) in [6.07, 6.45) is 0. The van der Waals surface area contributed by atoms with E-state index >= 15 is 0 Å². The van der Waals surface area contributed by atoms with Crippen molar-refractivity contribution in [1.29, 1.82) is 31.6 Å². The second-order valence-corrected chi connectivity index (χ2v) is 26.1. The quantitative estimate of drug-likeness (QED) is 0.0394. The van der Waals surface area contributed by atoms with Crippen molar-refractivity contribution in [3.05, 3.63) is 318 Å². The van der Waals surface area contributed by atoms with E-state index < -0.39 is 10.8 Å². The fourth-order valence-corrected chi connectivity index (χ4v) is 12.6. The van der Waals surface area contributed by atoms with Crippen molar-refractivity contribution >= 4 is 50.5 Å². The molecule has 528 valence electrons. The van der Waals surface area contributed by atoms with Crippen LogP contribution in [0.4, 0.5) is 28.4 Å². The molecule has 0 saturated heterocycles. The van der Waals surface area contributed by atoms with Gasteiger partial charge in [-0.05, 0) is 217 Å². The monoisotopic (exact) mass is 1430 g/mol. The van der Waals surface area contributed by atoms with Gasteiger partial charge in [-0.2, -0.15) is 61.6 Å². The number of rotatable bonds is 29. The maximum Gasteiger partial charge on any atom is 0.178 e. The third kappa shape index (κ3) is 16.6.